The van der Waals surface area contributed by atoms with Crippen LogP contribution in [0.5, 0.6) is 0 Å². The molecule has 0 atom stereocenters. The summed E-state index contributed by atoms with van der Waals surface area (Å²) in [5.74, 6) is 0.803. The van der Waals surface area contributed by atoms with Crippen LogP contribution in [0.15, 0.2) is 70.7 Å². The summed E-state index contributed by atoms with van der Waals surface area (Å²) in [5, 5.41) is 22.6. The van der Waals surface area contributed by atoms with Crippen molar-refractivity contribution in [3.63, 3.8) is 0 Å². The van der Waals surface area contributed by atoms with E-state index in [9.17, 15) is 9.90 Å². The van der Waals surface area contributed by atoms with Crippen LogP contribution >= 0.6 is 11.8 Å². The number of carbonyl (C=O) groups is 1. The van der Waals surface area contributed by atoms with E-state index >= 15 is 0 Å². The fourth-order valence-corrected chi connectivity index (χ4v) is 3.87. The molecule has 154 valence electrons. The third-order valence-electron chi connectivity index (χ3n) is 4.50. The Morgan fingerprint density at radius 2 is 1.80 bits per heavy atom. The molecule has 0 unspecified atom stereocenters. The third-order valence-corrected chi connectivity index (χ3v) is 5.49. The standard InChI is InChI=1S/C21H21N5O3S/c27-21(28)25-13-18-20(19(14-25)24-29-15-16-7-3-1-4-8-16)23-26(22-18)11-12-30-17-9-5-2-6-10-17/h1-10H,11-15H2,(H,27,28). The summed E-state index contributed by atoms with van der Waals surface area (Å²) in [5.41, 5.74) is 2.65. The summed E-state index contributed by atoms with van der Waals surface area (Å²) in [6.45, 7) is 1.22. The Kier molecular flexibility index (Phi) is 6.29. The van der Waals surface area contributed by atoms with Crippen molar-refractivity contribution in [2.45, 2.75) is 24.6 Å². The monoisotopic (exact) mass is 423 g/mol. The predicted molar refractivity (Wildman–Crippen MR) is 113 cm³/mol. The molecule has 9 heteroatoms. The topological polar surface area (TPSA) is 92.8 Å². The van der Waals surface area contributed by atoms with Gasteiger partial charge in [0.05, 0.1) is 19.6 Å². The molecule has 0 aliphatic carbocycles. The van der Waals surface area contributed by atoms with Crippen molar-refractivity contribution in [2.75, 3.05) is 12.3 Å². The first-order valence-corrected chi connectivity index (χ1v) is 10.5. The molecule has 4 rings (SSSR count). The second-order valence-corrected chi connectivity index (χ2v) is 7.86. The van der Waals surface area contributed by atoms with E-state index in [1.165, 1.54) is 9.80 Å². The Labute approximate surface area is 178 Å². The minimum absolute atomic E-state index is 0.120. The van der Waals surface area contributed by atoms with E-state index < -0.39 is 6.09 Å². The molecular formula is C21H21N5O3S. The van der Waals surface area contributed by atoms with Crippen LogP contribution in [0.4, 0.5) is 4.79 Å². The quantitative estimate of drug-likeness (QED) is 0.462. The molecule has 1 amide bonds. The molecule has 2 aromatic carbocycles. The number of aromatic nitrogens is 3. The van der Waals surface area contributed by atoms with E-state index in [1.54, 1.807) is 16.6 Å². The highest BCUT2D eigenvalue weighted by atomic mass is 32.2. The molecule has 2 heterocycles. The average Bonchev–Trinajstić information content (AvgIpc) is 3.18. The Bertz CT molecular complexity index is 1020. The molecule has 0 radical (unpaired) electrons. The zero-order valence-electron chi connectivity index (χ0n) is 16.2. The number of nitrogens with zero attached hydrogens (tertiary/aromatic N) is 5. The van der Waals surface area contributed by atoms with Crippen LogP contribution < -0.4 is 0 Å². The molecule has 1 N–H and O–H groups in total. The van der Waals surface area contributed by atoms with Gasteiger partial charge >= 0.3 is 6.09 Å². The van der Waals surface area contributed by atoms with Gasteiger partial charge in [-0.05, 0) is 17.7 Å². The van der Waals surface area contributed by atoms with Crippen LogP contribution in [-0.2, 0) is 24.5 Å². The minimum Gasteiger partial charge on any atom is -0.465 e. The van der Waals surface area contributed by atoms with E-state index in [0.717, 1.165) is 11.3 Å². The van der Waals surface area contributed by atoms with Crippen LogP contribution in [-0.4, -0.2) is 49.1 Å². The second-order valence-electron chi connectivity index (χ2n) is 6.69. The number of benzene rings is 2. The average molecular weight is 423 g/mol. The molecule has 0 saturated heterocycles. The van der Waals surface area contributed by atoms with Crippen LogP contribution in [0.2, 0.25) is 0 Å². The minimum atomic E-state index is -1.02. The Morgan fingerprint density at radius 3 is 2.53 bits per heavy atom. The van der Waals surface area contributed by atoms with Gasteiger partial charge in [0.15, 0.2) is 0 Å². The SMILES string of the molecule is O=C(O)N1CC(=NOCc2ccccc2)c2nn(CCSc3ccccc3)nc2C1. The fraction of sp³-hybridized carbons (Fsp3) is 0.238. The molecule has 1 aliphatic rings. The van der Waals surface area contributed by atoms with Gasteiger partial charge < -0.3 is 9.94 Å². The number of hydrogen-bond acceptors (Lipinski definition) is 6. The van der Waals surface area contributed by atoms with E-state index in [0.29, 0.717) is 30.3 Å². The maximum absolute atomic E-state index is 11.5. The zero-order chi connectivity index (χ0) is 20.8. The van der Waals surface area contributed by atoms with E-state index in [2.05, 4.69) is 27.5 Å². The Balaban J connectivity index is 1.45. The molecule has 30 heavy (non-hydrogen) atoms. The maximum Gasteiger partial charge on any atom is 0.408 e. The predicted octanol–water partition coefficient (Wildman–Crippen LogP) is 3.48. The van der Waals surface area contributed by atoms with Crippen molar-refractivity contribution in [3.8, 4) is 0 Å². The lowest BCUT2D eigenvalue weighted by molar-refractivity contribution is 0.126. The molecule has 0 fully saturated rings. The van der Waals surface area contributed by atoms with Gasteiger partial charge in [0.1, 0.15) is 23.7 Å². The highest BCUT2D eigenvalue weighted by Crippen LogP contribution is 2.19. The summed E-state index contributed by atoms with van der Waals surface area (Å²) >= 11 is 1.72. The molecule has 1 aromatic heterocycles. The first-order chi connectivity index (χ1) is 14.7. The van der Waals surface area contributed by atoms with Gasteiger partial charge in [-0.15, -0.1) is 11.8 Å². The van der Waals surface area contributed by atoms with Gasteiger partial charge in [-0.2, -0.15) is 15.0 Å². The molecule has 1 aliphatic heterocycles. The highest BCUT2D eigenvalue weighted by Gasteiger charge is 2.30. The lowest BCUT2D eigenvalue weighted by Gasteiger charge is -2.22. The van der Waals surface area contributed by atoms with Crippen molar-refractivity contribution in [2.24, 2.45) is 5.16 Å². The summed E-state index contributed by atoms with van der Waals surface area (Å²) < 4.78 is 0. The van der Waals surface area contributed by atoms with Crippen molar-refractivity contribution in [1.29, 1.82) is 0 Å². The first kappa shape index (κ1) is 20.0. The molecular weight excluding hydrogens is 402 g/mol. The molecule has 0 saturated carbocycles. The van der Waals surface area contributed by atoms with E-state index in [-0.39, 0.29) is 13.1 Å². The number of aryl methyl sites for hydroxylation is 1. The Morgan fingerprint density at radius 1 is 1.07 bits per heavy atom. The van der Waals surface area contributed by atoms with Crippen molar-refractivity contribution in [1.82, 2.24) is 19.9 Å². The largest absolute Gasteiger partial charge is 0.465 e. The van der Waals surface area contributed by atoms with E-state index in [1.807, 2.05) is 48.5 Å². The van der Waals surface area contributed by atoms with Crippen molar-refractivity contribution < 1.29 is 14.7 Å². The number of rotatable bonds is 7. The van der Waals surface area contributed by atoms with Crippen LogP contribution in [0.3, 0.4) is 0 Å². The van der Waals surface area contributed by atoms with Gasteiger partial charge in [0.25, 0.3) is 0 Å². The van der Waals surface area contributed by atoms with Gasteiger partial charge in [0.2, 0.25) is 0 Å². The highest BCUT2D eigenvalue weighted by molar-refractivity contribution is 7.99. The number of carboxylic acid groups (broad SMARTS) is 1. The van der Waals surface area contributed by atoms with Crippen molar-refractivity contribution >= 4 is 23.6 Å². The van der Waals surface area contributed by atoms with E-state index in [4.69, 9.17) is 4.84 Å². The van der Waals surface area contributed by atoms with Gasteiger partial charge in [-0.25, -0.2) is 4.79 Å². The lowest BCUT2D eigenvalue weighted by atomic mass is 10.1. The van der Waals surface area contributed by atoms with Gasteiger partial charge in [-0.1, -0.05) is 53.7 Å². The maximum atomic E-state index is 11.5. The summed E-state index contributed by atoms with van der Waals surface area (Å²) in [7, 11) is 0. The number of amides is 1. The normalized spacial score (nSPS) is 14.5. The summed E-state index contributed by atoms with van der Waals surface area (Å²) in [4.78, 5) is 21.0. The number of thioether (sulfide) groups is 1. The zero-order valence-corrected chi connectivity index (χ0v) is 17.0. The fourth-order valence-electron chi connectivity index (χ4n) is 3.03. The van der Waals surface area contributed by atoms with Crippen molar-refractivity contribution in [3.05, 3.63) is 77.6 Å². The van der Waals surface area contributed by atoms with Crippen LogP contribution in [0.1, 0.15) is 17.0 Å². The third kappa shape index (κ3) is 4.98. The van der Waals surface area contributed by atoms with Crippen LogP contribution in [0, 0.1) is 0 Å². The molecule has 3 aromatic rings. The number of fused-ring (bicyclic) bond motifs is 1. The molecule has 0 spiro atoms. The van der Waals surface area contributed by atoms with Gasteiger partial charge in [0, 0.05) is 10.6 Å². The second kappa shape index (κ2) is 9.45. The smallest absolute Gasteiger partial charge is 0.408 e. The molecule has 0 bridgehead atoms. The number of hydrogen-bond donors (Lipinski definition) is 1. The summed E-state index contributed by atoms with van der Waals surface area (Å²) in [6, 6.07) is 19.8. The summed E-state index contributed by atoms with van der Waals surface area (Å²) in [6.07, 6.45) is -1.02. The van der Waals surface area contributed by atoms with Crippen LogP contribution in [0.25, 0.3) is 0 Å². The lowest BCUT2D eigenvalue weighted by Crippen LogP contribution is -2.39. The first-order valence-electron chi connectivity index (χ1n) is 9.52. The molecule has 8 nitrogen and oxygen atoms in total. The van der Waals surface area contributed by atoms with Gasteiger partial charge in [-0.3, -0.25) is 4.90 Å². The Hall–Kier alpha value is -3.33. The number of oxime groups is 1.